The van der Waals surface area contributed by atoms with Crippen molar-refractivity contribution in [2.45, 2.75) is 57.7 Å². The number of aromatic nitrogens is 1. The molecule has 1 N–H and O–H groups in total. The van der Waals surface area contributed by atoms with Crippen molar-refractivity contribution < 1.29 is 66.9 Å². The summed E-state index contributed by atoms with van der Waals surface area (Å²) in [7, 11) is 0. The number of aliphatic hydroxyl groups is 1. The Bertz CT molecular complexity index is 2510. The van der Waals surface area contributed by atoms with Crippen LogP contribution in [0.5, 0.6) is 23.0 Å². The number of carbonyl (C=O) groups excluding carboxylic acids is 4. The molecule has 0 saturated carbocycles. The van der Waals surface area contributed by atoms with E-state index < -0.39 is 30.2 Å². The second kappa shape index (κ2) is 32.6. The van der Waals surface area contributed by atoms with Crippen LogP contribution in [0.4, 0.5) is 5.13 Å². The molecule has 388 valence electrons. The summed E-state index contributed by atoms with van der Waals surface area (Å²) < 4.78 is 51.0. The number of hydrazone groups is 1. The van der Waals surface area contributed by atoms with E-state index >= 15 is 0 Å². The van der Waals surface area contributed by atoms with Gasteiger partial charge >= 0.3 is 23.9 Å². The fraction of sp³-hybridized carbons (Fsp3) is 0.345. The number of fused-ring (bicyclic) bond motifs is 1. The first-order chi connectivity index (χ1) is 35.6. The molecule has 5 rings (SSSR count). The van der Waals surface area contributed by atoms with E-state index in [0.29, 0.717) is 54.2 Å². The van der Waals surface area contributed by atoms with E-state index in [1.807, 2.05) is 24.3 Å². The highest BCUT2D eigenvalue weighted by Crippen LogP contribution is 2.31. The van der Waals surface area contributed by atoms with Crippen LogP contribution in [0, 0.1) is 0 Å². The number of anilines is 1. The van der Waals surface area contributed by atoms with Crippen LogP contribution in [0.25, 0.3) is 10.2 Å². The number of nitrogens with zero attached hydrogens (tertiary/aromatic N) is 3. The Morgan fingerprint density at radius 3 is 1.75 bits per heavy atom. The summed E-state index contributed by atoms with van der Waals surface area (Å²) in [6.07, 6.45) is 10.3. The van der Waals surface area contributed by atoms with Crippen molar-refractivity contribution in [3.8, 4) is 23.0 Å². The third kappa shape index (κ3) is 21.1. The fourth-order valence-corrected chi connectivity index (χ4v) is 7.51. The summed E-state index contributed by atoms with van der Waals surface area (Å²) in [5.74, 6) is -0.329. The molecule has 0 radical (unpaired) electrons. The smallest absolute Gasteiger partial charge is 0.343 e. The van der Waals surface area contributed by atoms with Crippen molar-refractivity contribution in [3.05, 3.63) is 146 Å². The molecule has 73 heavy (non-hydrogen) atoms. The lowest BCUT2D eigenvalue weighted by atomic mass is 10.2. The molecule has 1 heterocycles. The number of rotatable bonds is 36. The Morgan fingerprint density at radius 2 is 1.15 bits per heavy atom. The average molecular weight is 1020 g/mol. The highest BCUT2D eigenvalue weighted by molar-refractivity contribution is 7.22. The number of aliphatic hydroxyl groups excluding tert-OH is 1. The largest absolute Gasteiger partial charge is 0.494 e. The summed E-state index contributed by atoms with van der Waals surface area (Å²) in [5.41, 5.74) is 1.91. The first-order valence-electron chi connectivity index (χ1n) is 24.0. The summed E-state index contributed by atoms with van der Waals surface area (Å²) >= 11 is 1.44. The number of carbonyl (C=O) groups is 4. The molecule has 5 aromatic rings. The molecule has 0 aliphatic rings. The van der Waals surface area contributed by atoms with Gasteiger partial charge in [-0.2, -0.15) is 5.10 Å². The van der Waals surface area contributed by atoms with Crippen LogP contribution in [0.3, 0.4) is 0 Å². The zero-order valence-corrected chi connectivity index (χ0v) is 41.7. The summed E-state index contributed by atoms with van der Waals surface area (Å²) in [6.45, 7) is 13.2. The Labute approximate surface area is 429 Å². The van der Waals surface area contributed by atoms with Gasteiger partial charge in [0.15, 0.2) is 0 Å². The first kappa shape index (κ1) is 56.5. The molecule has 1 aromatic heterocycles. The molecule has 1 atom stereocenters. The number of unbranched alkanes of at least 4 members (excludes halogenated alkanes) is 6. The first-order valence-corrected chi connectivity index (χ1v) is 24.8. The molecule has 0 aliphatic carbocycles. The second-order valence-corrected chi connectivity index (χ2v) is 16.9. The van der Waals surface area contributed by atoms with Gasteiger partial charge in [-0.1, -0.05) is 43.2 Å². The molecular weight excluding hydrogens is 959 g/mol. The van der Waals surface area contributed by atoms with E-state index in [0.717, 1.165) is 79.8 Å². The number of hydrogen-bond acceptors (Lipinski definition) is 18. The van der Waals surface area contributed by atoms with E-state index in [1.165, 1.54) is 17.6 Å². The zero-order chi connectivity index (χ0) is 51.9. The predicted octanol–water partition coefficient (Wildman–Crippen LogP) is 9.53. The fourth-order valence-electron chi connectivity index (χ4n) is 6.56. The van der Waals surface area contributed by atoms with E-state index in [-0.39, 0.29) is 56.6 Å². The zero-order valence-electron chi connectivity index (χ0n) is 40.9. The normalized spacial score (nSPS) is 11.4. The van der Waals surface area contributed by atoms with E-state index in [1.54, 1.807) is 71.7 Å². The minimum atomic E-state index is -1.36. The lowest BCUT2D eigenvalue weighted by Gasteiger charge is -2.17. The number of para-hydroxylation sites is 1. The molecule has 4 aromatic carbocycles. The maximum atomic E-state index is 13.6. The van der Waals surface area contributed by atoms with Gasteiger partial charge in [0.1, 0.15) is 29.6 Å². The van der Waals surface area contributed by atoms with Crippen molar-refractivity contribution in [1.29, 1.82) is 0 Å². The Hall–Kier alpha value is -7.38. The molecule has 1 unspecified atom stereocenters. The molecule has 0 amide bonds. The van der Waals surface area contributed by atoms with Gasteiger partial charge in [-0.05, 0) is 130 Å². The van der Waals surface area contributed by atoms with Crippen LogP contribution in [0.15, 0.2) is 134 Å². The molecule has 17 nitrogen and oxygen atoms in total. The molecule has 18 heteroatoms. The monoisotopic (exact) mass is 1020 g/mol. The van der Waals surface area contributed by atoms with Crippen molar-refractivity contribution in [2.75, 3.05) is 71.0 Å². The van der Waals surface area contributed by atoms with Gasteiger partial charge in [-0.25, -0.2) is 29.2 Å². The highest BCUT2D eigenvalue weighted by atomic mass is 32.1. The van der Waals surface area contributed by atoms with Gasteiger partial charge in [0.05, 0.1) is 81.4 Å². The van der Waals surface area contributed by atoms with Crippen molar-refractivity contribution in [3.63, 3.8) is 0 Å². The number of esters is 4. The van der Waals surface area contributed by atoms with Gasteiger partial charge in [0.2, 0.25) is 11.4 Å². The van der Waals surface area contributed by atoms with Crippen LogP contribution in [-0.4, -0.2) is 106 Å². The van der Waals surface area contributed by atoms with Crippen LogP contribution in [0.1, 0.15) is 79.1 Å². The van der Waals surface area contributed by atoms with Gasteiger partial charge in [0.25, 0.3) is 0 Å². The van der Waals surface area contributed by atoms with Crippen LogP contribution in [-0.2, 0) is 38.1 Å². The Balaban J connectivity index is 1.25. The van der Waals surface area contributed by atoms with E-state index in [4.69, 9.17) is 52.7 Å². The maximum Gasteiger partial charge on any atom is 0.343 e. The lowest BCUT2D eigenvalue weighted by molar-refractivity contribution is -0.139. The van der Waals surface area contributed by atoms with Crippen molar-refractivity contribution in [2.24, 2.45) is 5.10 Å². The Kier molecular flexibility index (Phi) is 25.2. The molecule has 0 aliphatic heterocycles. The lowest BCUT2D eigenvalue weighted by Crippen LogP contribution is -2.23. The standard InChI is InChI=1S/C55H63N3O14S/c1-4-50(59)68-32-15-9-7-13-30-66-44-23-19-41(20-24-44)53(62)71-46-27-28-48(72-54(63)42-21-25-45(26-22-42)67-31-14-8-10-16-33-69-51(60)5-2)43(39-46)40-56-58(55-57-47-17-11-12-18-49(47)73-55)29-34-64-35-36-65-37-38-70-52(61)6-3/h4-6,11-12,17-28,39-40,53,62H,1-3,7-10,13-16,29-38H2/b56-40+. The van der Waals surface area contributed by atoms with Crippen LogP contribution >= 0.6 is 11.3 Å². The van der Waals surface area contributed by atoms with Gasteiger partial charge in [-0.3, -0.25) is 0 Å². The molecule has 0 fully saturated rings. The van der Waals surface area contributed by atoms with Crippen molar-refractivity contribution >= 4 is 56.8 Å². The Morgan fingerprint density at radius 1 is 0.616 bits per heavy atom. The maximum absolute atomic E-state index is 13.6. The van der Waals surface area contributed by atoms with Gasteiger partial charge in [0, 0.05) is 29.4 Å². The minimum Gasteiger partial charge on any atom is -0.494 e. The molecule has 0 bridgehead atoms. The SMILES string of the molecule is C=CC(=O)OCCCCCCOc1ccc(C(=O)Oc2ccc(OC(O)c3ccc(OCCCCCCOC(=O)C=C)cc3)cc2/C=N/N(CCOCCOCCOC(=O)C=C)c2nc3ccccc3s2)cc1. The number of thiazole rings is 1. The third-order valence-corrected chi connectivity index (χ3v) is 11.5. The number of benzene rings is 4. The van der Waals surface area contributed by atoms with E-state index in [2.05, 4.69) is 19.7 Å². The number of hydrogen-bond donors (Lipinski definition) is 1. The summed E-state index contributed by atoms with van der Waals surface area (Å²) in [4.78, 5) is 52.1. The van der Waals surface area contributed by atoms with Crippen molar-refractivity contribution in [1.82, 2.24) is 4.98 Å². The molecular formula is C55H63N3O14S. The minimum absolute atomic E-state index is 0.0995. The van der Waals surface area contributed by atoms with E-state index in [9.17, 15) is 24.3 Å². The predicted molar refractivity (Wildman–Crippen MR) is 277 cm³/mol. The van der Waals surface area contributed by atoms with Gasteiger partial charge < -0.3 is 47.7 Å². The summed E-state index contributed by atoms with van der Waals surface area (Å²) in [5, 5.41) is 18.3. The number of ether oxygens (including phenoxy) is 9. The average Bonchev–Trinajstić information content (AvgIpc) is 3.85. The molecule has 0 saturated heterocycles. The van der Waals surface area contributed by atoms with Crippen LogP contribution in [0.2, 0.25) is 0 Å². The highest BCUT2D eigenvalue weighted by Gasteiger charge is 2.17. The third-order valence-electron chi connectivity index (χ3n) is 10.4. The summed E-state index contributed by atoms with van der Waals surface area (Å²) in [6, 6.07) is 26.1. The topological polar surface area (TPSA) is 200 Å². The van der Waals surface area contributed by atoms with Gasteiger partial charge in [-0.15, -0.1) is 0 Å². The molecule has 0 spiro atoms. The second-order valence-electron chi connectivity index (χ2n) is 15.8. The quantitative estimate of drug-likeness (QED) is 0.00581. The van der Waals surface area contributed by atoms with Crippen LogP contribution < -0.4 is 24.0 Å².